The lowest BCUT2D eigenvalue weighted by molar-refractivity contribution is 0.573. The summed E-state index contributed by atoms with van der Waals surface area (Å²) in [6, 6.07) is 2.31. The van der Waals surface area contributed by atoms with Crippen LogP contribution < -0.4 is 5.32 Å². The molecule has 15 heavy (non-hydrogen) atoms. The van der Waals surface area contributed by atoms with Crippen LogP contribution in [0.2, 0.25) is 0 Å². The molecule has 0 saturated carbocycles. The number of aryl methyl sites for hydroxylation is 1. The van der Waals surface area contributed by atoms with Crippen molar-refractivity contribution in [1.82, 2.24) is 20.3 Å². The summed E-state index contributed by atoms with van der Waals surface area (Å²) in [5.74, 6) is 0.949. The van der Waals surface area contributed by atoms with Crippen molar-refractivity contribution in [2.75, 3.05) is 6.54 Å². The zero-order valence-corrected chi connectivity index (χ0v) is 9.33. The average Bonchev–Trinajstić information content (AvgIpc) is 2.60. The van der Waals surface area contributed by atoms with Crippen LogP contribution in [0.25, 0.3) is 11.2 Å². The van der Waals surface area contributed by atoms with E-state index in [1.54, 1.807) is 0 Å². The van der Waals surface area contributed by atoms with Crippen molar-refractivity contribution in [2.45, 2.75) is 26.8 Å². The SMILES string of the molecule is CCNC(C)c1nc2ncc(C)cc2[nH]1. The van der Waals surface area contributed by atoms with Gasteiger partial charge in [-0.2, -0.15) is 0 Å². The molecule has 0 bridgehead atoms. The summed E-state index contributed by atoms with van der Waals surface area (Å²) in [6.45, 7) is 7.14. The molecule has 2 rings (SSSR count). The maximum absolute atomic E-state index is 4.44. The summed E-state index contributed by atoms with van der Waals surface area (Å²) in [5, 5.41) is 3.32. The van der Waals surface area contributed by atoms with Crippen LogP contribution in [0, 0.1) is 6.92 Å². The van der Waals surface area contributed by atoms with Gasteiger partial charge >= 0.3 is 0 Å². The highest BCUT2D eigenvalue weighted by Crippen LogP contribution is 2.14. The molecule has 0 spiro atoms. The van der Waals surface area contributed by atoms with Crippen molar-refractivity contribution < 1.29 is 0 Å². The highest BCUT2D eigenvalue weighted by molar-refractivity contribution is 5.71. The maximum atomic E-state index is 4.44. The van der Waals surface area contributed by atoms with Crippen LogP contribution in [0.15, 0.2) is 12.3 Å². The summed E-state index contributed by atoms with van der Waals surface area (Å²) in [6.07, 6.45) is 1.84. The first-order valence-electron chi connectivity index (χ1n) is 5.26. The molecular formula is C11H16N4. The third-order valence-corrected chi connectivity index (χ3v) is 2.41. The molecule has 4 heteroatoms. The van der Waals surface area contributed by atoms with Gasteiger partial charge in [-0.05, 0) is 32.0 Å². The van der Waals surface area contributed by atoms with Gasteiger partial charge in [0.2, 0.25) is 0 Å². The lowest BCUT2D eigenvalue weighted by atomic mass is 10.3. The van der Waals surface area contributed by atoms with Crippen molar-refractivity contribution in [1.29, 1.82) is 0 Å². The van der Waals surface area contributed by atoms with Crippen molar-refractivity contribution in [3.05, 3.63) is 23.7 Å². The van der Waals surface area contributed by atoms with Crippen LogP contribution in [0.4, 0.5) is 0 Å². The van der Waals surface area contributed by atoms with Gasteiger partial charge in [0, 0.05) is 6.20 Å². The molecule has 0 aliphatic rings. The summed E-state index contributed by atoms with van der Waals surface area (Å²) in [4.78, 5) is 12.0. The number of aromatic nitrogens is 3. The number of H-pyrrole nitrogens is 1. The van der Waals surface area contributed by atoms with Gasteiger partial charge in [-0.25, -0.2) is 9.97 Å². The Morgan fingerprint density at radius 2 is 2.33 bits per heavy atom. The van der Waals surface area contributed by atoms with Crippen LogP contribution in [0.3, 0.4) is 0 Å². The number of pyridine rings is 1. The van der Waals surface area contributed by atoms with E-state index in [0.717, 1.165) is 29.1 Å². The molecule has 0 aromatic carbocycles. The number of hydrogen-bond donors (Lipinski definition) is 2. The zero-order valence-electron chi connectivity index (χ0n) is 9.33. The lowest BCUT2D eigenvalue weighted by Crippen LogP contribution is -2.18. The number of aromatic amines is 1. The first-order chi connectivity index (χ1) is 7.20. The molecule has 2 aromatic rings. The normalized spacial score (nSPS) is 13.3. The van der Waals surface area contributed by atoms with Crippen molar-refractivity contribution in [3.63, 3.8) is 0 Å². The minimum absolute atomic E-state index is 0.240. The summed E-state index contributed by atoms with van der Waals surface area (Å²) in [7, 11) is 0. The molecule has 0 radical (unpaired) electrons. The number of imidazole rings is 1. The van der Waals surface area contributed by atoms with Crippen LogP contribution in [-0.2, 0) is 0 Å². The van der Waals surface area contributed by atoms with E-state index in [0.29, 0.717) is 0 Å². The highest BCUT2D eigenvalue weighted by Gasteiger charge is 2.09. The molecular weight excluding hydrogens is 188 g/mol. The molecule has 0 aliphatic carbocycles. The van der Waals surface area contributed by atoms with Gasteiger partial charge in [0.1, 0.15) is 5.82 Å². The number of rotatable bonds is 3. The van der Waals surface area contributed by atoms with Crippen LogP contribution in [0.5, 0.6) is 0 Å². The van der Waals surface area contributed by atoms with E-state index in [4.69, 9.17) is 0 Å². The van der Waals surface area contributed by atoms with Crippen LogP contribution in [-0.4, -0.2) is 21.5 Å². The van der Waals surface area contributed by atoms with E-state index >= 15 is 0 Å². The van der Waals surface area contributed by atoms with Gasteiger partial charge < -0.3 is 10.3 Å². The zero-order chi connectivity index (χ0) is 10.8. The van der Waals surface area contributed by atoms with E-state index in [-0.39, 0.29) is 6.04 Å². The second-order valence-corrected chi connectivity index (χ2v) is 3.79. The Balaban J connectivity index is 2.38. The van der Waals surface area contributed by atoms with Crippen LogP contribution in [0.1, 0.15) is 31.3 Å². The third kappa shape index (κ3) is 1.99. The van der Waals surface area contributed by atoms with Gasteiger partial charge in [0.15, 0.2) is 5.65 Å². The quantitative estimate of drug-likeness (QED) is 0.803. The fraction of sp³-hybridized carbons (Fsp3) is 0.455. The smallest absolute Gasteiger partial charge is 0.177 e. The monoisotopic (exact) mass is 204 g/mol. The molecule has 0 fully saturated rings. The van der Waals surface area contributed by atoms with Crippen molar-refractivity contribution in [3.8, 4) is 0 Å². The molecule has 0 aliphatic heterocycles. The predicted molar refractivity (Wildman–Crippen MR) is 60.7 cm³/mol. The predicted octanol–water partition coefficient (Wildman–Crippen LogP) is 1.94. The summed E-state index contributed by atoms with van der Waals surface area (Å²) >= 11 is 0. The fourth-order valence-corrected chi connectivity index (χ4v) is 1.63. The van der Waals surface area contributed by atoms with Crippen molar-refractivity contribution in [2.24, 2.45) is 0 Å². The minimum atomic E-state index is 0.240. The Bertz CT molecular complexity index is 461. The second-order valence-electron chi connectivity index (χ2n) is 3.79. The van der Waals surface area contributed by atoms with Gasteiger partial charge in [-0.15, -0.1) is 0 Å². The lowest BCUT2D eigenvalue weighted by Gasteiger charge is -2.07. The second kappa shape index (κ2) is 3.98. The molecule has 2 N–H and O–H groups in total. The average molecular weight is 204 g/mol. The van der Waals surface area contributed by atoms with Crippen LogP contribution >= 0.6 is 0 Å². The Morgan fingerprint density at radius 3 is 3.07 bits per heavy atom. The van der Waals surface area contributed by atoms with Gasteiger partial charge in [-0.1, -0.05) is 6.92 Å². The number of fused-ring (bicyclic) bond motifs is 1. The number of hydrogen-bond acceptors (Lipinski definition) is 3. The molecule has 2 aromatic heterocycles. The molecule has 1 atom stereocenters. The van der Waals surface area contributed by atoms with E-state index in [1.807, 2.05) is 13.1 Å². The number of nitrogens with one attached hydrogen (secondary N) is 2. The molecule has 4 nitrogen and oxygen atoms in total. The van der Waals surface area contributed by atoms with Gasteiger partial charge in [0.05, 0.1) is 11.6 Å². The highest BCUT2D eigenvalue weighted by atomic mass is 15.0. The Kier molecular flexibility index (Phi) is 2.68. The largest absolute Gasteiger partial charge is 0.339 e. The Labute approximate surface area is 89.1 Å². The number of nitrogens with zero attached hydrogens (tertiary/aromatic N) is 2. The molecule has 0 amide bonds. The Hall–Kier alpha value is -1.42. The first-order valence-corrected chi connectivity index (χ1v) is 5.26. The molecule has 1 unspecified atom stereocenters. The van der Waals surface area contributed by atoms with E-state index in [2.05, 4.69) is 40.2 Å². The standard InChI is InChI=1S/C11H16N4/c1-4-12-8(3)10-14-9-5-7(2)6-13-11(9)15-10/h5-6,8,12H,4H2,1-3H3,(H,13,14,15). The fourth-order valence-electron chi connectivity index (χ4n) is 1.63. The molecule has 80 valence electrons. The van der Waals surface area contributed by atoms with E-state index in [9.17, 15) is 0 Å². The summed E-state index contributed by atoms with van der Waals surface area (Å²) < 4.78 is 0. The summed E-state index contributed by atoms with van der Waals surface area (Å²) in [5.41, 5.74) is 2.95. The minimum Gasteiger partial charge on any atom is -0.339 e. The maximum Gasteiger partial charge on any atom is 0.177 e. The van der Waals surface area contributed by atoms with Crippen molar-refractivity contribution >= 4 is 11.2 Å². The van der Waals surface area contributed by atoms with E-state index < -0.39 is 0 Å². The molecule has 0 saturated heterocycles. The first kappa shape index (κ1) is 10.1. The van der Waals surface area contributed by atoms with Gasteiger partial charge in [-0.3, -0.25) is 0 Å². The van der Waals surface area contributed by atoms with E-state index in [1.165, 1.54) is 0 Å². The Morgan fingerprint density at radius 1 is 1.53 bits per heavy atom. The third-order valence-electron chi connectivity index (χ3n) is 2.41. The molecule has 2 heterocycles. The topological polar surface area (TPSA) is 53.6 Å². The van der Waals surface area contributed by atoms with Gasteiger partial charge in [0.25, 0.3) is 0 Å².